The normalized spacial score (nSPS) is 18.0. The van der Waals surface area contributed by atoms with Crippen LogP contribution in [-0.4, -0.2) is 72.8 Å². The molecule has 1 rings (SSSR count). The second-order valence-electron chi connectivity index (χ2n) is 3.68. The molecule has 0 aliphatic carbocycles. The highest BCUT2D eigenvalue weighted by atomic mass is 16.3. The van der Waals surface area contributed by atoms with Crippen LogP contribution in [0.2, 0.25) is 0 Å². The molecule has 0 radical (unpaired) electrons. The van der Waals surface area contributed by atoms with E-state index in [9.17, 15) is 0 Å². The van der Waals surface area contributed by atoms with Crippen molar-refractivity contribution in [2.24, 2.45) is 0 Å². The molecule has 0 saturated carbocycles. The smallest absolute Gasteiger partial charge is 0.349 e. The summed E-state index contributed by atoms with van der Waals surface area (Å²) >= 11 is 0. The molecule has 1 aliphatic rings. The molecule has 1 fully saturated rings. The van der Waals surface area contributed by atoms with Crippen molar-refractivity contribution < 1.29 is 9.68 Å². The summed E-state index contributed by atoms with van der Waals surface area (Å²) in [5.74, 6) is 1.21. The summed E-state index contributed by atoms with van der Waals surface area (Å²) in [5.41, 5.74) is 0. The van der Waals surface area contributed by atoms with E-state index in [2.05, 4.69) is 21.4 Å². The van der Waals surface area contributed by atoms with Gasteiger partial charge in [-0.05, 0) is 0 Å². The van der Waals surface area contributed by atoms with E-state index in [1.807, 2.05) is 14.1 Å². The van der Waals surface area contributed by atoms with Crippen LogP contribution < -0.4 is 0 Å². The second kappa shape index (κ2) is 4.46. The second-order valence-corrected chi connectivity index (χ2v) is 3.68. The Morgan fingerprint density at radius 1 is 1.38 bits per heavy atom. The highest BCUT2D eigenvalue weighted by molar-refractivity contribution is 5.75. The van der Waals surface area contributed by atoms with Crippen molar-refractivity contribution in [2.75, 3.05) is 47.4 Å². The molecule has 0 atom stereocenters. The fraction of sp³-hybridized carbons (Fsp3) is 0.889. The fourth-order valence-corrected chi connectivity index (χ4v) is 1.90. The lowest BCUT2D eigenvalue weighted by molar-refractivity contribution is -0.477. The highest BCUT2D eigenvalue weighted by Crippen LogP contribution is 2.05. The minimum atomic E-state index is 0.227. The van der Waals surface area contributed by atoms with Gasteiger partial charge >= 0.3 is 5.96 Å². The highest BCUT2D eigenvalue weighted by Gasteiger charge is 2.28. The van der Waals surface area contributed by atoms with E-state index in [0.29, 0.717) is 0 Å². The van der Waals surface area contributed by atoms with Crippen molar-refractivity contribution in [1.82, 2.24) is 9.80 Å². The van der Waals surface area contributed by atoms with Gasteiger partial charge < -0.3 is 5.11 Å². The molecule has 0 aromatic rings. The standard InChI is InChI=1S/C9H20N3O/c1-10(2)9-11(3)5-4-6-12(9)7-8-13/h13H,4-8H2,1-3H3/q+1. The Morgan fingerprint density at radius 2 is 2.08 bits per heavy atom. The van der Waals surface area contributed by atoms with Gasteiger partial charge in [0.1, 0.15) is 0 Å². The molecule has 1 N–H and O–H groups in total. The van der Waals surface area contributed by atoms with Crippen LogP contribution in [0.25, 0.3) is 0 Å². The number of aliphatic hydroxyl groups is 1. The predicted molar refractivity (Wildman–Crippen MR) is 53.0 cm³/mol. The quantitative estimate of drug-likeness (QED) is 0.575. The summed E-state index contributed by atoms with van der Waals surface area (Å²) in [6, 6.07) is 0. The Labute approximate surface area is 80.1 Å². The van der Waals surface area contributed by atoms with Crippen LogP contribution in [0.15, 0.2) is 0 Å². The molecule has 0 spiro atoms. The number of β-amino-alcohol motifs (C(OH)–C–C–N with tert-alkyl or cyclic N) is 1. The Bertz CT molecular complexity index is 197. The molecule has 0 aromatic carbocycles. The van der Waals surface area contributed by atoms with E-state index >= 15 is 0 Å². The Morgan fingerprint density at radius 3 is 2.62 bits per heavy atom. The van der Waals surface area contributed by atoms with Crippen LogP contribution in [0.3, 0.4) is 0 Å². The van der Waals surface area contributed by atoms with Gasteiger partial charge in [-0.2, -0.15) is 0 Å². The molecule has 0 bridgehead atoms. The lowest BCUT2D eigenvalue weighted by Crippen LogP contribution is -2.52. The SMILES string of the molecule is CN1CCCN(CCO)C1=[N+](C)C. The van der Waals surface area contributed by atoms with Gasteiger partial charge in [-0.15, -0.1) is 0 Å². The zero-order chi connectivity index (χ0) is 9.84. The lowest BCUT2D eigenvalue weighted by atomic mass is 10.3. The maximum Gasteiger partial charge on any atom is 0.349 e. The molecule has 4 nitrogen and oxygen atoms in total. The van der Waals surface area contributed by atoms with Gasteiger partial charge in [0.2, 0.25) is 0 Å². The van der Waals surface area contributed by atoms with Crippen LogP contribution in [0.1, 0.15) is 6.42 Å². The number of guanidine groups is 1. The van der Waals surface area contributed by atoms with Crippen molar-refractivity contribution in [3.8, 4) is 0 Å². The van der Waals surface area contributed by atoms with E-state index in [1.54, 1.807) is 0 Å². The fourth-order valence-electron chi connectivity index (χ4n) is 1.90. The Hall–Kier alpha value is -0.770. The first kappa shape index (κ1) is 10.3. The van der Waals surface area contributed by atoms with Gasteiger partial charge in [0.25, 0.3) is 0 Å². The van der Waals surface area contributed by atoms with Crippen molar-refractivity contribution in [1.29, 1.82) is 0 Å². The first-order valence-electron chi connectivity index (χ1n) is 4.78. The number of hydrogen-bond acceptors (Lipinski definition) is 1. The zero-order valence-corrected chi connectivity index (χ0v) is 8.82. The van der Waals surface area contributed by atoms with Gasteiger partial charge in [-0.1, -0.05) is 0 Å². The molecule has 0 unspecified atom stereocenters. The molecule has 1 saturated heterocycles. The van der Waals surface area contributed by atoms with Crippen LogP contribution in [0, 0.1) is 0 Å². The molecular weight excluding hydrogens is 166 g/mol. The number of aliphatic hydroxyl groups excluding tert-OH is 1. The third-order valence-corrected chi connectivity index (χ3v) is 2.32. The molecule has 13 heavy (non-hydrogen) atoms. The summed E-state index contributed by atoms with van der Waals surface area (Å²) in [7, 11) is 6.18. The van der Waals surface area contributed by atoms with Crippen molar-refractivity contribution in [3.63, 3.8) is 0 Å². The summed E-state index contributed by atoms with van der Waals surface area (Å²) in [6.07, 6.45) is 1.17. The molecule has 0 amide bonds. The van der Waals surface area contributed by atoms with E-state index < -0.39 is 0 Å². The van der Waals surface area contributed by atoms with Crippen LogP contribution in [0.4, 0.5) is 0 Å². The number of rotatable bonds is 2. The molecule has 0 aromatic heterocycles. The molecule has 4 heteroatoms. The summed E-state index contributed by atoms with van der Waals surface area (Å²) < 4.78 is 2.11. The van der Waals surface area contributed by atoms with E-state index in [4.69, 9.17) is 5.11 Å². The lowest BCUT2D eigenvalue weighted by Gasteiger charge is -2.30. The maximum absolute atomic E-state index is 8.91. The van der Waals surface area contributed by atoms with Gasteiger partial charge in [0.05, 0.1) is 47.4 Å². The maximum atomic E-state index is 8.91. The first-order valence-corrected chi connectivity index (χ1v) is 4.78. The van der Waals surface area contributed by atoms with E-state index in [0.717, 1.165) is 19.6 Å². The van der Waals surface area contributed by atoms with Gasteiger partial charge in [-0.25, -0.2) is 0 Å². The number of nitrogens with zero attached hydrogens (tertiary/aromatic N) is 3. The number of hydrogen-bond donors (Lipinski definition) is 1. The molecule has 1 heterocycles. The predicted octanol–water partition coefficient (Wildman–Crippen LogP) is -0.756. The van der Waals surface area contributed by atoms with Gasteiger partial charge in [-0.3, -0.25) is 14.4 Å². The first-order chi connectivity index (χ1) is 6.16. The summed E-state index contributed by atoms with van der Waals surface area (Å²) in [4.78, 5) is 4.46. The molecular formula is C9H20N3O+. The summed E-state index contributed by atoms with van der Waals surface area (Å²) in [5, 5.41) is 8.91. The monoisotopic (exact) mass is 186 g/mol. The average molecular weight is 186 g/mol. The van der Waals surface area contributed by atoms with Gasteiger partial charge in [0, 0.05) is 6.42 Å². The van der Waals surface area contributed by atoms with Crippen molar-refractivity contribution >= 4 is 5.96 Å². The minimum Gasteiger partial charge on any atom is -0.393 e. The Balaban J connectivity index is 2.75. The molecule has 76 valence electrons. The Kier molecular flexibility index (Phi) is 3.54. The van der Waals surface area contributed by atoms with E-state index in [1.165, 1.54) is 12.4 Å². The van der Waals surface area contributed by atoms with Crippen LogP contribution in [0.5, 0.6) is 0 Å². The van der Waals surface area contributed by atoms with Crippen molar-refractivity contribution in [3.05, 3.63) is 0 Å². The third-order valence-electron chi connectivity index (χ3n) is 2.32. The third kappa shape index (κ3) is 2.34. The topological polar surface area (TPSA) is 29.7 Å². The van der Waals surface area contributed by atoms with Crippen LogP contribution >= 0.6 is 0 Å². The minimum absolute atomic E-state index is 0.227. The summed E-state index contributed by atoms with van der Waals surface area (Å²) in [6.45, 7) is 3.12. The largest absolute Gasteiger partial charge is 0.393 e. The zero-order valence-electron chi connectivity index (χ0n) is 8.82. The van der Waals surface area contributed by atoms with Gasteiger partial charge in [0.15, 0.2) is 0 Å². The van der Waals surface area contributed by atoms with Crippen LogP contribution in [-0.2, 0) is 0 Å². The van der Waals surface area contributed by atoms with E-state index in [-0.39, 0.29) is 6.61 Å². The van der Waals surface area contributed by atoms with Crippen molar-refractivity contribution in [2.45, 2.75) is 6.42 Å². The average Bonchev–Trinajstić information content (AvgIpc) is 2.04. The molecule has 1 aliphatic heterocycles.